The number of carbonyl (C=O) groups excluding carboxylic acids is 2. The monoisotopic (exact) mass is 399 g/mol. The Morgan fingerprint density at radius 2 is 1.90 bits per heavy atom. The van der Waals surface area contributed by atoms with Crippen molar-refractivity contribution in [1.82, 2.24) is 14.9 Å². The highest BCUT2D eigenvalue weighted by Crippen LogP contribution is 2.29. The van der Waals surface area contributed by atoms with Crippen molar-refractivity contribution in [3.63, 3.8) is 0 Å². The second-order valence-corrected chi connectivity index (χ2v) is 6.90. The van der Waals surface area contributed by atoms with Gasteiger partial charge in [0, 0.05) is 42.8 Å². The molecule has 3 heterocycles. The van der Waals surface area contributed by atoms with Crippen LogP contribution in [0.1, 0.15) is 26.3 Å². The average Bonchev–Trinajstić information content (AvgIpc) is 2.98. The quantitative estimate of drug-likeness (QED) is 0.578. The second-order valence-electron chi connectivity index (χ2n) is 6.90. The Balaban J connectivity index is 1.38. The molecular weight excluding hydrogens is 382 g/mol. The van der Waals surface area contributed by atoms with Gasteiger partial charge in [-0.2, -0.15) is 10.1 Å². The van der Waals surface area contributed by atoms with Crippen molar-refractivity contribution in [3.05, 3.63) is 65.4 Å². The summed E-state index contributed by atoms with van der Waals surface area (Å²) in [7, 11) is 1.47. The highest BCUT2D eigenvalue weighted by Gasteiger charge is 2.32. The lowest BCUT2D eigenvalue weighted by atomic mass is 10.1. The summed E-state index contributed by atoms with van der Waals surface area (Å²) in [6.07, 6.45) is 4.18. The first kappa shape index (κ1) is 17.8. The summed E-state index contributed by atoms with van der Waals surface area (Å²) in [5, 5.41) is 10.5. The Bertz CT molecular complexity index is 1220. The number of amides is 2. The smallest absolute Gasteiger partial charge is 0.261 e. The van der Waals surface area contributed by atoms with Gasteiger partial charge in [-0.25, -0.2) is 4.98 Å². The molecule has 0 spiro atoms. The van der Waals surface area contributed by atoms with E-state index in [1.165, 1.54) is 7.05 Å². The third kappa shape index (κ3) is 3.02. The fraction of sp³-hybridized carbons (Fsp3) is 0.0952. The number of hydrogen-bond acceptors (Lipinski definition) is 8. The van der Waals surface area contributed by atoms with Crippen LogP contribution in [0.3, 0.4) is 0 Å². The van der Waals surface area contributed by atoms with E-state index in [1.807, 2.05) is 24.4 Å². The summed E-state index contributed by atoms with van der Waals surface area (Å²) < 4.78 is 0. The van der Waals surface area contributed by atoms with Crippen LogP contribution in [-0.2, 0) is 6.42 Å². The molecule has 2 aliphatic heterocycles. The average molecular weight is 399 g/mol. The third-order valence-corrected chi connectivity index (χ3v) is 5.01. The molecule has 2 aromatic carbocycles. The Hall–Kier alpha value is -4.27. The molecule has 0 atom stereocenters. The van der Waals surface area contributed by atoms with Crippen molar-refractivity contribution in [2.24, 2.45) is 5.10 Å². The summed E-state index contributed by atoms with van der Waals surface area (Å²) in [5.41, 5.74) is 7.37. The number of rotatable bonds is 4. The molecule has 5 rings (SSSR count). The number of benzene rings is 2. The minimum Gasteiger partial charge on any atom is -0.340 e. The number of fused-ring (bicyclic) bond motifs is 2. The van der Waals surface area contributed by atoms with Gasteiger partial charge in [-0.15, -0.1) is 0 Å². The maximum absolute atomic E-state index is 12.2. The molecule has 0 saturated heterocycles. The van der Waals surface area contributed by atoms with Gasteiger partial charge in [-0.05, 0) is 36.4 Å². The van der Waals surface area contributed by atoms with Crippen LogP contribution in [0.2, 0.25) is 0 Å². The van der Waals surface area contributed by atoms with E-state index in [-0.39, 0.29) is 11.8 Å². The van der Waals surface area contributed by atoms with Crippen molar-refractivity contribution < 1.29 is 9.59 Å². The molecule has 0 bridgehead atoms. The molecule has 1 aromatic heterocycles. The molecule has 3 N–H and O–H groups in total. The summed E-state index contributed by atoms with van der Waals surface area (Å²) in [5.74, 6) is 0.376. The second kappa shape index (κ2) is 6.96. The molecule has 0 fully saturated rings. The van der Waals surface area contributed by atoms with Crippen molar-refractivity contribution in [2.75, 3.05) is 23.1 Å². The zero-order valence-corrected chi connectivity index (χ0v) is 16.0. The van der Waals surface area contributed by atoms with Gasteiger partial charge in [0.2, 0.25) is 5.95 Å². The zero-order chi connectivity index (χ0) is 20.7. The maximum Gasteiger partial charge on any atom is 0.261 e. The number of nitrogens with zero attached hydrogens (tertiary/aromatic N) is 4. The molecule has 3 aromatic rings. The third-order valence-electron chi connectivity index (χ3n) is 5.01. The zero-order valence-electron chi connectivity index (χ0n) is 16.0. The first-order valence-electron chi connectivity index (χ1n) is 9.33. The van der Waals surface area contributed by atoms with Gasteiger partial charge in [0.1, 0.15) is 5.82 Å². The number of carbonyl (C=O) groups is 2. The predicted octanol–water partition coefficient (Wildman–Crippen LogP) is 3.14. The Morgan fingerprint density at radius 3 is 2.80 bits per heavy atom. The first-order valence-corrected chi connectivity index (χ1v) is 9.33. The molecule has 0 saturated carbocycles. The van der Waals surface area contributed by atoms with Gasteiger partial charge in [0.05, 0.1) is 16.8 Å². The van der Waals surface area contributed by atoms with Gasteiger partial charge in [0.15, 0.2) is 0 Å². The molecule has 9 nitrogen and oxygen atoms in total. The summed E-state index contributed by atoms with van der Waals surface area (Å²) >= 11 is 0. The minimum absolute atomic E-state index is 0.297. The fourth-order valence-electron chi connectivity index (χ4n) is 3.48. The normalized spacial score (nSPS) is 14.2. The molecule has 148 valence electrons. The lowest BCUT2D eigenvalue weighted by Gasteiger charge is -2.17. The van der Waals surface area contributed by atoms with E-state index in [9.17, 15) is 9.59 Å². The minimum atomic E-state index is -0.319. The first-order chi connectivity index (χ1) is 14.6. The van der Waals surface area contributed by atoms with E-state index < -0.39 is 0 Å². The van der Waals surface area contributed by atoms with Gasteiger partial charge >= 0.3 is 0 Å². The predicted molar refractivity (Wildman–Crippen MR) is 114 cm³/mol. The van der Waals surface area contributed by atoms with E-state index in [1.54, 1.807) is 30.5 Å². The molecular formula is C21H17N7O2. The molecule has 0 unspecified atom stereocenters. The standard InChI is InChI=1S/C21H17N7O2/c1-28-19(29)13-6-5-12(11-15(13)20(28)30)24-21-22-9-8-18(26-21)25-16-3-2-4-17-14(16)7-10-23-27-17/h2-6,8-11,27H,7H2,1H3,(H2,22,24,25,26). The van der Waals surface area contributed by atoms with Gasteiger partial charge in [-0.1, -0.05) is 6.07 Å². The lowest BCUT2D eigenvalue weighted by Crippen LogP contribution is -2.24. The van der Waals surface area contributed by atoms with E-state index in [0.29, 0.717) is 28.6 Å². The number of anilines is 5. The highest BCUT2D eigenvalue weighted by atomic mass is 16.2. The molecule has 9 heteroatoms. The lowest BCUT2D eigenvalue weighted by molar-refractivity contribution is 0.0693. The van der Waals surface area contributed by atoms with Crippen molar-refractivity contribution in [1.29, 1.82) is 0 Å². The van der Waals surface area contributed by atoms with Crippen LogP contribution in [0.5, 0.6) is 0 Å². The van der Waals surface area contributed by atoms with E-state index in [2.05, 4.69) is 31.1 Å². The Morgan fingerprint density at radius 1 is 1.03 bits per heavy atom. The number of hydrogen-bond donors (Lipinski definition) is 3. The van der Waals surface area contributed by atoms with Gasteiger partial charge in [-0.3, -0.25) is 19.9 Å². The Labute approximate surface area is 171 Å². The largest absolute Gasteiger partial charge is 0.340 e. The molecule has 30 heavy (non-hydrogen) atoms. The Kier molecular flexibility index (Phi) is 4.13. The fourth-order valence-corrected chi connectivity index (χ4v) is 3.48. The van der Waals surface area contributed by atoms with Crippen LogP contribution >= 0.6 is 0 Å². The number of aromatic nitrogens is 2. The number of hydrazone groups is 1. The van der Waals surface area contributed by atoms with Crippen LogP contribution in [0.15, 0.2) is 53.8 Å². The van der Waals surface area contributed by atoms with Crippen LogP contribution < -0.4 is 16.1 Å². The van der Waals surface area contributed by atoms with Gasteiger partial charge in [0.25, 0.3) is 11.8 Å². The molecule has 0 aliphatic carbocycles. The summed E-state index contributed by atoms with van der Waals surface area (Å²) in [4.78, 5) is 34.1. The van der Waals surface area contributed by atoms with Gasteiger partial charge < -0.3 is 10.6 Å². The number of imide groups is 1. The van der Waals surface area contributed by atoms with E-state index >= 15 is 0 Å². The highest BCUT2D eigenvalue weighted by molar-refractivity contribution is 6.21. The van der Waals surface area contributed by atoms with Crippen LogP contribution in [0, 0.1) is 0 Å². The van der Waals surface area contributed by atoms with E-state index in [4.69, 9.17) is 0 Å². The van der Waals surface area contributed by atoms with Crippen LogP contribution in [-0.4, -0.2) is 39.9 Å². The van der Waals surface area contributed by atoms with E-state index in [0.717, 1.165) is 28.3 Å². The SMILES string of the molecule is CN1C(=O)c2ccc(Nc3nccc(Nc4cccc5c4CC=NN5)n3)cc2C1=O. The van der Waals surface area contributed by atoms with Crippen molar-refractivity contribution >= 4 is 46.9 Å². The number of nitrogens with one attached hydrogen (secondary N) is 3. The summed E-state index contributed by atoms with van der Waals surface area (Å²) in [6, 6.07) is 12.7. The molecule has 2 aliphatic rings. The van der Waals surface area contributed by atoms with Crippen LogP contribution in [0.4, 0.5) is 28.8 Å². The molecule has 2 amide bonds. The summed E-state index contributed by atoms with van der Waals surface area (Å²) in [6.45, 7) is 0. The van der Waals surface area contributed by atoms with Crippen molar-refractivity contribution in [3.8, 4) is 0 Å². The van der Waals surface area contributed by atoms with Crippen LogP contribution in [0.25, 0.3) is 0 Å². The topological polar surface area (TPSA) is 112 Å². The maximum atomic E-state index is 12.2. The molecule has 0 radical (unpaired) electrons. The van der Waals surface area contributed by atoms with Crippen molar-refractivity contribution in [2.45, 2.75) is 6.42 Å².